The van der Waals surface area contributed by atoms with Gasteiger partial charge in [-0.05, 0) is 52.0 Å². The van der Waals surface area contributed by atoms with Gasteiger partial charge in [0.2, 0.25) is 0 Å². The molecule has 1 amide bonds. The summed E-state index contributed by atoms with van der Waals surface area (Å²) in [7, 11) is 1.84. The lowest BCUT2D eigenvalue weighted by Gasteiger charge is -2.37. The Hall–Kier alpha value is -2.70. The van der Waals surface area contributed by atoms with Gasteiger partial charge in [-0.1, -0.05) is 0 Å². The predicted molar refractivity (Wildman–Crippen MR) is 97.6 cm³/mol. The molecule has 0 aliphatic rings. The van der Waals surface area contributed by atoms with Crippen molar-refractivity contribution in [3.8, 4) is 17.0 Å². The Bertz CT molecular complexity index is 749. The lowest BCUT2D eigenvalue weighted by molar-refractivity contribution is 0.0579. The molecule has 7 nitrogen and oxygen atoms in total. The van der Waals surface area contributed by atoms with Gasteiger partial charge in [0.1, 0.15) is 12.4 Å². The second-order valence-electron chi connectivity index (χ2n) is 7.08. The summed E-state index contributed by atoms with van der Waals surface area (Å²) in [6.45, 7) is 7.66. The van der Waals surface area contributed by atoms with Crippen molar-refractivity contribution in [3.05, 3.63) is 30.5 Å². The highest BCUT2D eigenvalue weighted by atomic mass is 16.5. The lowest BCUT2D eigenvalue weighted by atomic mass is 10.0. The van der Waals surface area contributed by atoms with E-state index in [1.165, 1.54) is 4.90 Å². The molecule has 1 aromatic carbocycles. The van der Waals surface area contributed by atoms with E-state index in [1.807, 2.05) is 46.9 Å². The number of carbonyl (C=O) groups is 1. The van der Waals surface area contributed by atoms with Crippen molar-refractivity contribution in [1.82, 2.24) is 14.7 Å². The molecule has 0 bridgehead atoms. The van der Waals surface area contributed by atoms with Crippen molar-refractivity contribution in [2.45, 2.75) is 39.3 Å². The van der Waals surface area contributed by atoms with E-state index in [0.29, 0.717) is 11.4 Å². The van der Waals surface area contributed by atoms with Crippen LogP contribution < -0.4 is 10.5 Å². The molecule has 2 rings (SSSR count). The zero-order chi connectivity index (χ0) is 18.8. The lowest BCUT2D eigenvalue weighted by Crippen LogP contribution is -2.52. The van der Waals surface area contributed by atoms with E-state index >= 15 is 0 Å². The number of carboxylic acid groups (broad SMARTS) is 1. The molecular weight excluding hydrogens is 320 g/mol. The Morgan fingerprint density at radius 1 is 1.40 bits per heavy atom. The SMILES string of the molecule is C[C@H](COc1ccc(N)cc1-c1ccnn1C)N(C(=O)O)C(C)(C)C. The third kappa shape index (κ3) is 4.23. The van der Waals surface area contributed by atoms with Crippen molar-refractivity contribution in [2.24, 2.45) is 7.05 Å². The average Bonchev–Trinajstić information content (AvgIpc) is 2.90. The number of anilines is 1. The van der Waals surface area contributed by atoms with E-state index in [-0.39, 0.29) is 12.6 Å². The van der Waals surface area contributed by atoms with Crippen LogP contribution in [0.15, 0.2) is 30.5 Å². The van der Waals surface area contributed by atoms with Crippen LogP contribution >= 0.6 is 0 Å². The molecule has 0 spiro atoms. The van der Waals surface area contributed by atoms with Crippen LogP contribution in [0, 0.1) is 0 Å². The van der Waals surface area contributed by atoms with Gasteiger partial charge in [0.15, 0.2) is 0 Å². The summed E-state index contributed by atoms with van der Waals surface area (Å²) < 4.78 is 7.70. The first-order valence-corrected chi connectivity index (χ1v) is 8.14. The summed E-state index contributed by atoms with van der Waals surface area (Å²) in [4.78, 5) is 13.0. The van der Waals surface area contributed by atoms with Gasteiger partial charge in [0.05, 0.1) is 11.7 Å². The highest BCUT2D eigenvalue weighted by Crippen LogP contribution is 2.32. The maximum absolute atomic E-state index is 11.6. The second-order valence-corrected chi connectivity index (χ2v) is 7.08. The number of nitrogens with two attached hydrogens (primary N) is 1. The van der Waals surface area contributed by atoms with Gasteiger partial charge in [0, 0.05) is 30.0 Å². The molecule has 0 aliphatic carbocycles. The number of hydrogen-bond acceptors (Lipinski definition) is 4. The number of amides is 1. The Balaban J connectivity index is 2.24. The van der Waals surface area contributed by atoms with Gasteiger partial charge in [0.25, 0.3) is 0 Å². The van der Waals surface area contributed by atoms with Crippen molar-refractivity contribution in [1.29, 1.82) is 0 Å². The Morgan fingerprint density at radius 2 is 2.08 bits per heavy atom. The number of nitrogens with zero attached hydrogens (tertiary/aromatic N) is 3. The predicted octanol–water partition coefficient (Wildman–Crippen LogP) is 3.22. The third-order valence-corrected chi connectivity index (χ3v) is 3.95. The number of rotatable bonds is 5. The van der Waals surface area contributed by atoms with Crippen LogP contribution in [0.25, 0.3) is 11.3 Å². The summed E-state index contributed by atoms with van der Waals surface area (Å²) in [5.74, 6) is 0.642. The summed E-state index contributed by atoms with van der Waals surface area (Å²) in [6.07, 6.45) is 0.740. The first-order valence-electron chi connectivity index (χ1n) is 8.14. The Labute approximate surface area is 148 Å². The summed E-state index contributed by atoms with van der Waals surface area (Å²) in [5, 5.41) is 13.7. The summed E-state index contributed by atoms with van der Waals surface area (Å²) in [6, 6.07) is 6.96. The maximum Gasteiger partial charge on any atom is 0.408 e. The molecule has 1 heterocycles. The normalized spacial score (nSPS) is 12.7. The monoisotopic (exact) mass is 346 g/mol. The number of aromatic nitrogens is 2. The fraction of sp³-hybridized carbons (Fsp3) is 0.444. The first-order chi connectivity index (χ1) is 11.6. The zero-order valence-electron chi connectivity index (χ0n) is 15.4. The minimum absolute atomic E-state index is 0.234. The minimum Gasteiger partial charge on any atom is -0.491 e. The molecule has 0 saturated carbocycles. The average molecular weight is 346 g/mol. The van der Waals surface area contributed by atoms with E-state index in [1.54, 1.807) is 23.0 Å². The summed E-state index contributed by atoms with van der Waals surface area (Å²) in [5.41, 5.74) is 7.72. The molecule has 3 N–H and O–H groups in total. The second kappa shape index (κ2) is 7.04. The van der Waals surface area contributed by atoms with Crippen LogP contribution in [0.1, 0.15) is 27.7 Å². The van der Waals surface area contributed by atoms with Gasteiger partial charge in [-0.2, -0.15) is 5.10 Å². The highest BCUT2D eigenvalue weighted by Gasteiger charge is 2.31. The van der Waals surface area contributed by atoms with E-state index in [9.17, 15) is 9.90 Å². The molecule has 136 valence electrons. The third-order valence-electron chi connectivity index (χ3n) is 3.95. The standard InChI is InChI=1S/C18H26N4O3/c1-12(22(17(23)24)18(2,3)4)11-25-16-7-6-13(19)10-14(16)15-8-9-20-21(15)5/h6-10,12H,11,19H2,1-5H3,(H,23,24)/t12-/m1/s1. The van der Waals surface area contributed by atoms with E-state index in [2.05, 4.69) is 5.10 Å². The maximum atomic E-state index is 11.6. The minimum atomic E-state index is -0.965. The molecule has 0 unspecified atom stereocenters. The van der Waals surface area contributed by atoms with Gasteiger partial charge < -0.3 is 15.6 Å². The molecule has 1 atom stereocenters. The molecule has 7 heteroatoms. The van der Waals surface area contributed by atoms with E-state index in [0.717, 1.165) is 11.3 Å². The number of ether oxygens (including phenoxy) is 1. The topological polar surface area (TPSA) is 93.6 Å². The number of hydrogen-bond donors (Lipinski definition) is 2. The van der Waals surface area contributed by atoms with Crippen molar-refractivity contribution in [3.63, 3.8) is 0 Å². The number of aryl methyl sites for hydroxylation is 1. The van der Waals surface area contributed by atoms with Crippen LogP contribution in [0.5, 0.6) is 5.75 Å². The molecule has 1 aromatic heterocycles. The fourth-order valence-electron chi connectivity index (χ4n) is 2.93. The van der Waals surface area contributed by atoms with E-state index < -0.39 is 11.6 Å². The Morgan fingerprint density at radius 3 is 2.60 bits per heavy atom. The highest BCUT2D eigenvalue weighted by molar-refractivity contribution is 5.71. The quantitative estimate of drug-likeness (QED) is 0.811. The van der Waals surface area contributed by atoms with Crippen molar-refractivity contribution >= 4 is 11.8 Å². The zero-order valence-corrected chi connectivity index (χ0v) is 15.4. The van der Waals surface area contributed by atoms with Crippen molar-refractivity contribution in [2.75, 3.05) is 12.3 Å². The molecule has 25 heavy (non-hydrogen) atoms. The van der Waals surface area contributed by atoms with E-state index in [4.69, 9.17) is 10.5 Å². The number of benzene rings is 1. The van der Waals surface area contributed by atoms with Gasteiger partial charge in [-0.25, -0.2) is 4.79 Å². The van der Waals surface area contributed by atoms with Crippen LogP contribution in [0.4, 0.5) is 10.5 Å². The Kier molecular flexibility index (Phi) is 5.25. The molecule has 2 aromatic rings. The van der Waals surface area contributed by atoms with Crippen LogP contribution in [-0.2, 0) is 7.05 Å². The van der Waals surface area contributed by atoms with Gasteiger partial charge in [-0.3, -0.25) is 9.58 Å². The van der Waals surface area contributed by atoms with Gasteiger partial charge in [-0.15, -0.1) is 0 Å². The molecule has 0 saturated heterocycles. The fourth-order valence-corrected chi connectivity index (χ4v) is 2.93. The molecule has 0 fully saturated rings. The molecule has 0 aliphatic heterocycles. The largest absolute Gasteiger partial charge is 0.491 e. The first kappa shape index (κ1) is 18.6. The van der Waals surface area contributed by atoms with Crippen LogP contribution in [-0.4, -0.2) is 44.1 Å². The van der Waals surface area contributed by atoms with Crippen LogP contribution in [0.3, 0.4) is 0 Å². The van der Waals surface area contributed by atoms with Gasteiger partial charge >= 0.3 is 6.09 Å². The summed E-state index contributed by atoms with van der Waals surface area (Å²) >= 11 is 0. The smallest absolute Gasteiger partial charge is 0.408 e. The van der Waals surface area contributed by atoms with Crippen molar-refractivity contribution < 1.29 is 14.6 Å². The van der Waals surface area contributed by atoms with Crippen LogP contribution in [0.2, 0.25) is 0 Å². The molecular formula is C18H26N4O3. The number of nitrogen functional groups attached to an aromatic ring is 1. The molecule has 0 radical (unpaired) electrons.